The Hall–Kier alpha value is -0.120. The monoisotopic (exact) mass is 244 g/mol. The Balaban J connectivity index is 3.57. The fraction of sp³-hybridized carbons (Fsp3) is 1.00. The second-order valence-corrected chi connectivity index (χ2v) is 5.42. The van der Waals surface area contributed by atoms with Crippen LogP contribution in [-0.2, 0) is 4.74 Å². The maximum atomic E-state index is 5.78. The molecule has 0 unspecified atom stereocenters. The summed E-state index contributed by atoms with van der Waals surface area (Å²) in [5.74, 6) is 0. The lowest BCUT2D eigenvalue weighted by Crippen LogP contribution is -2.35. The SMILES string of the molecule is CCCNCC(C)(C)COCCN(CC)CC. The molecular weight excluding hydrogens is 212 g/mol. The number of hydrogen-bond acceptors (Lipinski definition) is 3. The highest BCUT2D eigenvalue weighted by Gasteiger charge is 2.17. The minimum Gasteiger partial charge on any atom is -0.380 e. The normalized spacial score (nSPS) is 12.4. The summed E-state index contributed by atoms with van der Waals surface area (Å²) in [5, 5.41) is 3.46. The van der Waals surface area contributed by atoms with Gasteiger partial charge in [0, 0.05) is 18.5 Å². The third-order valence-electron chi connectivity index (χ3n) is 2.97. The molecule has 0 amide bonds. The minimum atomic E-state index is 0.235. The molecule has 104 valence electrons. The number of hydrogen-bond donors (Lipinski definition) is 1. The van der Waals surface area contributed by atoms with Crippen LogP contribution in [0.4, 0.5) is 0 Å². The lowest BCUT2D eigenvalue weighted by atomic mass is 9.95. The molecule has 0 spiro atoms. The molecule has 0 radical (unpaired) electrons. The van der Waals surface area contributed by atoms with E-state index in [1.165, 1.54) is 6.42 Å². The maximum Gasteiger partial charge on any atom is 0.0593 e. The van der Waals surface area contributed by atoms with Crippen LogP contribution in [0.25, 0.3) is 0 Å². The molecule has 0 rings (SSSR count). The van der Waals surface area contributed by atoms with Gasteiger partial charge in [-0.2, -0.15) is 0 Å². The Morgan fingerprint density at radius 3 is 2.29 bits per heavy atom. The van der Waals surface area contributed by atoms with Gasteiger partial charge in [0.2, 0.25) is 0 Å². The van der Waals surface area contributed by atoms with Crippen molar-refractivity contribution in [2.75, 3.05) is 45.9 Å². The van der Waals surface area contributed by atoms with Gasteiger partial charge in [0.25, 0.3) is 0 Å². The first-order valence-corrected chi connectivity index (χ1v) is 7.06. The number of likely N-dealkylation sites (N-methyl/N-ethyl adjacent to an activating group) is 1. The van der Waals surface area contributed by atoms with Crippen molar-refractivity contribution in [3.63, 3.8) is 0 Å². The van der Waals surface area contributed by atoms with E-state index in [1.54, 1.807) is 0 Å². The zero-order valence-corrected chi connectivity index (χ0v) is 12.5. The Labute approximate surface area is 108 Å². The van der Waals surface area contributed by atoms with Crippen LogP contribution in [0.5, 0.6) is 0 Å². The number of rotatable bonds is 11. The van der Waals surface area contributed by atoms with Crippen LogP contribution < -0.4 is 5.32 Å². The average molecular weight is 244 g/mol. The molecular formula is C14H32N2O. The summed E-state index contributed by atoms with van der Waals surface area (Å²) < 4.78 is 5.78. The smallest absolute Gasteiger partial charge is 0.0593 e. The van der Waals surface area contributed by atoms with Crippen molar-refractivity contribution < 1.29 is 4.74 Å². The van der Waals surface area contributed by atoms with Crippen LogP contribution in [0.1, 0.15) is 41.0 Å². The van der Waals surface area contributed by atoms with Crippen molar-refractivity contribution in [1.82, 2.24) is 10.2 Å². The summed E-state index contributed by atoms with van der Waals surface area (Å²) in [4.78, 5) is 2.39. The predicted molar refractivity (Wildman–Crippen MR) is 75.5 cm³/mol. The van der Waals surface area contributed by atoms with Crippen LogP contribution in [0.3, 0.4) is 0 Å². The second kappa shape index (κ2) is 9.86. The number of nitrogens with zero attached hydrogens (tertiary/aromatic N) is 1. The molecule has 3 heteroatoms. The molecule has 0 fully saturated rings. The third kappa shape index (κ3) is 9.57. The topological polar surface area (TPSA) is 24.5 Å². The van der Waals surface area contributed by atoms with Crippen LogP contribution in [-0.4, -0.2) is 50.8 Å². The van der Waals surface area contributed by atoms with Gasteiger partial charge in [0.05, 0.1) is 13.2 Å². The van der Waals surface area contributed by atoms with Gasteiger partial charge in [0.15, 0.2) is 0 Å². The van der Waals surface area contributed by atoms with E-state index in [2.05, 4.69) is 44.8 Å². The van der Waals surface area contributed by atoms with Gasteiger partial charge < -0.3 is 15.0 Å². The summed E-state index contributed by atoms with van der Waals surface area (Å²) in [7, 11) is 0. The fourth-order valence-electron chi connectivity index (χ4n) is 1.74. The first-order chi connectivity index (χ1) is 8.05. The van der Waals surface area contributed by atoms with E-state index in [0.29, 0.717) is 0 Å². The van der Waals surface area contributed by atoms with E-state index in [-0.39, 0.29) is 5.41 Å². The van der Waals surface area contributed by atoms with Gasteiger partial charge in [-0.25, -0.2) is 0 Å². The third-order valence-corrected chi connectivity index (χ3v) is 2.97. The molecule has 17 heavy (non-hydrogen) atoms. The molecule has 0 saturated heterocycles. The zero-order valence-electron chi connectivity index (χ0n) is 12.5. The van der Waals surface area contributed by atoms with Gasteiger partial charge in [-0.3, -0.25) is 0 Å². The van der Waals surface area contributed by atoms with Gasteiger partial charge in [0.1, 0.15) is 0 Å². The standard InChI is InChI=1S/C14H32N2O/c1-6-9-15-12-14(4,5)13-17-11-10-16(7-2)8-3/h15H,6-13H2,1-5H3. The van der Waals surface area contributed by atoms with Crippen molar-refractivity contribution >= 4 is 0 Å². The van der Waals surface area contributed by atoms with E-state index in [9.17, 15) is 0 Å². The molecule has 0 saturated carbocycles. The summed E-state index contributed by atoms with van der Waals surface area (Å²) >= 11 is 0. The van der Waals surface area contributed by atoms with Crippen LogP contribution in [0.2, 0.25) is 0 Å². The van der Waals surface area contributed by atoms with Gasteiger partial charge in [-0.1, -0.05) is 34.6 Å². The number of nitrogens with one attached hydrogen (secondary N) is 1. The predicted octanol–water partition coefficient (Wildman–Crippen LogP) is 2.37. The second-order valence-electron chi connectivity index (χ2n) is 5.42. The van der Waals surface area contributed by atoms with Gasteiger partial charge in [-0.15, -0.1) is 0 Å². The molecule has 0 aromatic rings. The Morgan fingerprint density at radius 2 is 1.76 bits per heavy atom. The lowest BCUT2D eigenvalue weighted by Gasteiger charge is -2.26. The summed E-state index contributed by atoms with van der Waals surface area (Å²) in [6.07, 6.45) is 1.19. The van der Waals surface area contributed by atoms with Crippen molar-refractivity contribution in [3.05, 3.63) is 0 Å². The highest BCUT2D eigenvalue weighted by Crippen LogP contribution is 2.13. The van der Waals surface area contributed by atoms with Crippen LogP contribution in [0, 0.1) is 5.41 Å². The van der Waals surface area contributed by atoms with Crippen molar-refractivity contribution in [1.29, 1.82) is 0 Å². The Kier molecular flexibility index (Phi) is 9.79. The van der Waals surface area contributed by atoms with Gasteiger partial charge in [-0.05, 0) is 26.1 Å². The molecule has 1 N–H and O–H groups in total. The van der Waals surface area contributed by atoms with E-state index < -0.39 is 0 Å². The maximum absolute atomic E-state index is 5.78. The van der Waals surface area contributed by atoms with Crippen molar-refractivity contribution in [2.24, 2.45) is 5.41 Å². The van der Waals surface area contributed by atoms with Crippen molar-refractivity contribution in [3.8, 4) is 0 Å². The average Bonchev–Trinajstić information content (AvgIpc) is 2.29. The first kappa shape index (κ1) is 16.9. The summed E-state index contributed by atoms with van der Waals surface area (Å²) in [6, 6.07) is 0. The van der Waals surface area contributed by atoms with Crippen molar-refractivity contribution in [2.45, 2.75) is 41.0 Å². The highest BCUT2D eigenvalue weighted by molar-refractivity contribution is 4.70. The minimum absolute atomic E-state index is 0.235. The molecule has 0 aliphatic rings. The first-order valence-electron chi connectivity index (χ1n) is 7.06. The van der Waals surface area contributed by atoms with Gasteiger partial charge >= 0.3 is 0 Å². The van der Waals surface area contributed by atoms with E-state index in [4.69, 9.17) is 4.74 Å². The number of ether oxygens (including phenoxy) is 1. The molecule has 3 nitrogen and oxygen atoms in total. The summed E-state index contributed by atoms with van der Waals surface area (Å²) in [6.45, 7) is 18.2. The zero-order chi connectivity index (χ0) is 13.1. The molecule has 0 heterocycles. The van der Waals surface area contributed by atoms with Crippen LogP contribution >= 0.6 is 0 Å². The van der Waals surface area contributed by atoms with Crippen LogP contribution in [0.15, 0.2) is 0 Å². The molecule has 0 atom stereocenters. The van der Waals surface area contributed by atoms with E-state index >= 15 is 0 Å². The van der Waals surface area contributed by atoms with E-state index in [0.717, 1.165) is 45.9 Å². The summed E-state index contributed by atoms with van der Waals surface area (Å²) in [5.41, 5.74) is 0.235. The molecule has 0 aliphatic heterocycles. The molecule has 0 bridgehead atoms. The highest BCUT2D eigenvalue weighted by atomic mass is 16.5. The molecule has 0 aliphatic carbocycles. The Bertz CT molecular complexity index is 168. The molecule has 0 aromatic heterocycles. The Morgan fingerprint density at radius 1 is 1.12 bits per heavy atom. The molecule has 0 aromatic carbocycles. The quantitative estimate of drug-likeness (QED) is 0.565. The lowest BCUT2D eigenvalue weighted by molar-refractivity contribution is 0.0489. The van der Waals surface area contributed by atoms with E-state index in [1.807, 2.05) is 0 Å². The largest absolute Gasteiger partial charge is 0.380 e. The fourth-order valence-corrected chi connectivity index (χ4v) is 1.74.